The molecular formula is C21H24N2O3. The van der Waals surface area contributed by atoms with Crippen LogP contribution in [0.4, 0.5) is 0 Å². The first-order valence-corrected chi connectivity index (χ1v) is 8.77. The number of rotatable bonds is 8. The van der Waals surface area contributed by atoms with E-state index in [1.165, 1.54) is 5.56 Å². The molecule has 5 heteroatoms. The van der Waals surface area contributed by atoms with Crippen molar-refractivity contribution in [2.45, 2.75) is 13.5 Å². The zero-order valence-corrected chi connectivity index (χ0v) is 14.9. The maximum absolute atomic E-state index is 9.15. The molecule has 0 saturated heterocycles. The van der Waals surface area contributed by atoms with Gasteiger partial charge in [0.2, 0.25) is 5.89 Å². The number of nitrogens with zero attached hydrogens (tertiary/aromatic N) is 2. The zero-order chi connectivity index (χ0) is 18.4. The molecule has 0 amide bonds. The average Bonchev–Trinajstić information content (AvgIpc) is 3.03. The molecule has 0 aliphatic rings. The molecule has 0 aliphatic carbocycles. The monoisotopic (exact) mass is 352 g/mol. The molecule has 0 saturated carbocycles. The smallest absolute Gasteiger partial charge is 0.226 e. The predicted molar refractivity (Wildman–Crippen MR) is 102 cm³/mol. The van der Waals surface area contributed by atoms with E-state index in [1.54, 1.807) is 0 Å². The van der Waals surface area contributed by atoms with E-state index >= 15 is 0 Å². The molecule has 0 radical (unpaired) electrons. The second-order valence-corrected chi connectivity index (χ2v) is 6.19. The number of aliphatic hydroxyl groups excluding tert-OH is 2. The number of hydrogen-bond donors (Lipinski definition) is 2. The standard InChI is InChI=1S/C21H24N2O3/c1-16-20(15-23(11-13-24)12-14-25)22-21(26-16)19-9-7-18(8-10-19)17-5-3-2-4-6-17/h2-10,24-25H,11-15H2,1H3. The van der Waals surface area contributed by atoms with E-state index in [1.807, 2.05) is 42.2 Å². The first-order chi connectivity index (χ1) is 12.7. The Hall–Kier alpha value is -2.47. The van der Waals surface area contributed by atoms with E-state index in [-0.39, 0.29) is 13.2 Å². The summed E-state index contributed by atoms with van der Waals surface area (Å²) in [6.07, 6.45) is 0. The van der Waals surface area contributed by atoms with Crippen LogP contribution in [0.25, 0.3) is 22.6 Å². The van der Waals surface area contributed by atoms with E-state index in [0.29, 0.717) is 25.5 Å². The number of benzene rings is 2. The van der Waals surface area contributed by atoms with Crippen molar-refractivity contribution in [1.29, 1.82) is 0 Å². The molecule has 2 N–H and O–H groups in total. The summed E-state index contributed by atoms with van der Waals surface area (Å²) in [5.41, 5.74) is 4.07. The molecule has 0 aliphatic heterocycles. The fraction of sp³-hybridized carbons (Fsp3) is 0.286. The molecule has 1 aromatic heterocycles. The Balaban J connectivity index is 1.78. The van der Waals surface area contributed by atoms with Crippen LogP contribution in [0.5, 0.6) is 0 Å². The fourth-order valence-corrected chi connectivity index (χ4v) is 2.90. The highest BCUT2D eigenvalue weighted by Crippen LogP contribution is 2.26. The lowest BCUT2D eigenvalue weighted by Gasteiger charge is -2.18. The van der Waals surface area contributed by atoms with Crippen molar-refractivity contribution in [3.63, 3.8) is 0 Å². The second kappa shape index (κ2) is 8.76. The van der Waals surface area contributed by atoms with Gasteiger partial charge in [0.05, 0.1) is 18.9 Å². The summed E-state index contributed by atoms with van der Waals surface area (Å²) in [6, 6.07) is 18.4. The van der Waals surface area contributed by atoms with Crippen molar-refractivity contribution in [3.05, 3.63) is 66.1 Å². The van der Waals surface area contributed by atoms with Gasteiger partial charge < -0.3 is 14.6 Å². The zero-order valence-electron chi connectivity index (χ0n) is 14.9. The van der Waals surface area contributed by atoms with Gasteiger partial charge in [-0.15, -0.1) is 0 Å². The minimum Gasteiger partial charge on any atom is -0.441 e. The van der Waals surface area contributed by atoms with Crippen LogP contribution in [0, 0.1) is 6.92 Å². The molecule has 3 rings (SSSR count). The Morgan fingerprint density at radius 3 is 2.04 bits per heavy atom. The minimum atomic E-state index is 0.0463. The third-order valence-corrected chi connectivity index (χ3v) is 4.34. The van der Waals surface area contributed by atoms with Crippen molar-refractivity contribution in [2.75, 3.05) is 26.3 Å². The van der Waals surface area contributed by atoms with E-state index in [4.69, 9.17) is 14.6 Å². The van der Waals surface area contributed by atoms with Crippen molar-refractivity contribution in [3.8, 4) is 22.6 Å². The summed E-state index contributed by atoms with van der Waals surface area (Å²) >= 11 is 0. The first kappa shape index (κ1) is 18.3. The normalized spacial score (nSPS) is 11.2. The van der Waals surface area contributed by atoms with Crippen molar-refractivity contribution in [2.24, 2.45) is 0 Å². The number of aryl methyl sites for hydroxylation is 1. The van der Waals surface area contributed by atoms with E-state index in [0.717, 1.165) is 22.6 Å². The molecule has 26 heavy (non-hydrogen) atoms. The van der Waals surface area contributed by atoms with Gasteiger partial charge >= 0.3 is 0 Å². The highest BCUT2D eigenvalue weighted by molar-refractivity contribution is 5.67. The number of hydrogen-bond acceptors (Lipinski definition) is 5. The van der Waals surface area contributed by atoms with Gasteiger partial charge in [0.25, 0.3) is 0 Å². The summed E-state index contributed by atoms with van der Waals surface area (Å²) in [7, 11) is 0. The van der Waals surface area contributed by atoms with Crippen LogP contribution in [0.1, 0.15) is 11.5 Å². The number of aromatic nitrogens is 1. The van der Waals surface area contributed by atoms with E-state index < -0.39 is 0 Å². The maximum atomic E-state index is 9.15. The SMILES string of the molecule is Cc1oc(-c2ccc(-c3ccccc3)cc2)nc1CN(CCO)CCO. The van der Waals surface area contributed by atoms with Gasteiger partial charge in [-0.05, 0) is 30.2 Å². The Morgan fingerprint density at radius 1 is 0.846 bits per heavy atom. The van der Waals surface area contributed by atoms with Crippen LogP contribution in [0.15, 0.2) is 59.0 Å². The van der Waals surface area contributed by atoms with Crippen LogP contribution < -0.4 is 0 Å². The maximum Gasteiger partial charge on any atom is 0.226 e. The van der Waals surface area contributed by atoms with Crippen LogP contribution in [0.3, 0.4) is 0 Å². The molecule has 1 heterocycles. The average molecular weight is 352 g/mol. The quantitative estimate of drug-likeness (QED) is 0.652. The molecule has 0 bridgehead atoms. The molecule has 0 spiro atoms. The Bertz CT molecular complexity index is 807. The van der Waals surface area contributed by atoms with Gasteiger partial charge in [-0.2, -0.15) is 0 Å². The molecule has 3 aromatic rings. The van der Waals surface area contributed by atoms with Crippen LogP contribution in [-0.2, 0) is 6.54 Å². The van der Waals surface area contributed by atoms with Crippen molar-refractivity contribution >= 4 is 0 Å². The first-order valence-electron chi connectivity index (χ1n) is 8.77. The van der Waals surface area contributed by atoms with Gasteiger partial charge in [0.15, 0.2) is 0 Å². The summed E-state index contributed by atoms with van der Waals surface area (Å²) in [4.78, 5) is 6.57. The van der Waals surface area contributed by atoms with Gasteiger partial charge in [0, 0.05) is 25.2 Å². The summed E-state index contributed by atoms with van der Waals surface area (Å²) in [5, 5.41) is 18.3. The van der Waals surface area contributed by atoms with Gasteiger partial charge in [0.1, 0.15) is 5.76 Å². The number of oxazole rings is 1. The third kappa shape index (κ3) is 4.38. The highest BCUT2D eigenvalue weighted by atomic mass is 16.4. The van der Waals surface area contributed by atoms with Crippen molar-refractivity contribution < 1.29 is 14.6 Å². The predicted octanol–water partition coefficient (Wildman–Crippen LogP) is 3.10. The lowest BCUT2D eigenvalue weighted by atomic mass is 10.0. The van der Waals surface area contributed by atoms with Gasteiger partial charge in [-0.25, -0.2) is 4.98 Å². The lowest BCUT2D eigenvalue weighted by molar-refractivity contribution is 0.154. The molecule has 2 aromatic carbocycles. The Morgan fingerprint density at radius 2 is 1.42 bits per heavy atom. The van der Waals surface area contributed by atoms with E-state index in [9.17, 15) is 0 Å². The number of aliphatic hydroxyl groups is 2. The van der Waals surface area contributed by atoms with Crippen LogP contribution >= 0.6 is 0 Å². The van der Waals surface area contributed by atoms with Gasteiger partial charge in [-0.1, -0.05) is 42.5 Å². The Labute approximate surface area is 153 Å². The summed E-state index contributed by atoms with van der Waals surface area (Å²) in [5.74, 6) is 1.35. The lowest BCUT2D eigenvalue weighted by Crippen LogP contribution is -2.29. The molecule has 0 fully saturated rings. The topological polar surface area (TPSA) is 69.7 Å². The molecular weight excluding hydrogens is 328 g/mol. The molecule has 136 valence electrons. The molecule has 5 nitrogen and oxygen atoms in total. The minimum absolute atomic E-state index is 0.0463. The molecule has 0 atom stereocenters. The highest BCUT2D eigenvalue weighted by Gasteiger charge is 2.15. The van der Waals surface area contributed by atoms with Crippen LogP contribution in [0.2, 0.25) is 0 Å². The van der Waals surface area contributed by atoms with E-state index in [2.05, 4.69) is 29.2 Å². The Kier molecular flexibility index (Phi) is 6.17. The summed E-state index contributed by atoms with van der Waals surface area (Å²) < 4.78 is 5.84. The largest absolute Gasteiger partial charge is 0.441 e. The van der Waals surface area contributed by atoms with Crippen molar-refractivity contribution in [1.82, 2.24) is 9.88 Å². The fourth-order valence-electron chi connectivity index (χ4n) is 2.90. The van der Waals surface area contributed by atoms with Gasteiger partial charge in [-0.3, -0.25) is 4.90 Å². The second-order valence-electron chi connectivity index (χ2n) is 6.19. The third-order valence-electron chi connectivity index (χ3n) is 4.34. The summed E-state index contributed by atoms with van der Waals surface area (Å²) in [6.45, 7) is 3.51. The van der Waals surface area contributed by atoms with Crippen LogP contribution in [-0.4, -0.2) is 46.4 Å². The molecule has 0 unspecified atom stereocenters.